The van der Waals surface area contributed by atoms with E-state index in [1.54, 1.807) is 6.92 Å². The minimum Gasteiger partial charge on any atom is -0.342 e. The van der Waals surface area contributed by atoms with E-state index in [9.17, 15) is 9.59 Å². The minimum absolute atomic E-state index is 0.0200. The molecule has 0 bridgehead atoms. The number of ketones is 1. The maximum absolute atomic E-state index is 11.5. The third-order valence-corrected chi connectivity index (χ3v) is 3.39. The van der Waals surface area contributed by atoms with Crippen LogP contribution >= 0.6 is 0 Å². The molecule has 0 spiro atoms. The monoisotopic (exact) mass is 335 g/mol. The first kappa shape index (κ1) is 24.6. The van der Waals surface area contributed by atoms with Crippen LogP contribution in [0.1, 0.15) is 72.3 Å². The van der Waals surface area contributed by atoms with Crippen molar-refractivity contribution in [3.8, 4) is 0 Å². The highest BCUT2D eigenvalue weighted by molar-refractivity contribution is 5.97. The van der Waals surface area contributed by atoms with Crippen molar-refractivity contribution >= 4 is 11.7 Å². The van der Waals surface area contributed by atoms with Gasteiger partial charge in [0.1, 0.15) is 5.78 Å². The minimum atomic E-state index is 0.0200. The van der Waals surface area contributed by atoms with Crippen LogP contribution in [0.3, 0.4) is 0 Å². The Morgan fingerprint density at radius 3 is 1.79 bits per heavy atom. The Labute approximate surface area is 149 Å². The summed E-state index contributed by atoms with van der Waals surface area (Å²) in [6, 6.07) is 10.3. The number of amides is 1. The molecule has 24 heavy (non-hydrogen) atoms. The fourth-order valence-electron chi connectivity index (χ4n) is 2.08. The van der Waals surface area contributed by atoms with Gasteiger partial charge in [-0.05, 0) is 26.2 Å². The van der Waals surface area contributed by atoms with Crippen molar-refractivity contribution in [1.82, 2.24) is 4.90 Å². The summed E-state index contributed by atoms with van der Waals surface area (Å²) in [7, 11) is 0. The highest BCUT2D eigenvalue weighted by Gasteiger charge is 2.17. The first-order valence-corrected chi connectivity index (χ1v) is 9.44. The predicted octanol–water partition coefficient (Wildman–Crippen LogP) is 5.42. The van der Waals surface area contributed by atoms with Crippen LogP contribution in [0, 0.1) is 6.92 Å². The normalized spacial score (nSPS) is 12.3. The Balaban J connectivity index is 0. The molecule has 2 rings (SSSR count). The first-order chi connectivity index (χ1) is 11.6. The molecule has 0 radical (unpaired) electrons. The van der Waals surface area contributed by atoms with Gasteiger partial charge in [0, 0.05) is 19.5 Å². The molecule has 1 saturated heterocycles. The van der Waals surface area contributed by atoms with E-state index in [1.165, 1.54) is 12.0 Å². The smallest absolute Gasteiger partial charge is 0.230 e. The van der Waals surface area contributed by atoms with E-state index < -0.39 is 0 Å². The Bertz CT molecular complexity index is 409. The molecule has 1 heterocycles. The molecule has 138 valence electrons. The largest absolute Gasteiger partial charge is 0.342 e. The number of piperidine rings is 1. The molecule has 1 aliphatic rings. The number of carbonyl (C=O) groups is 2. The second-order valence-corrected chi connectivity index (χ2v) is 5.17. The van der Waals surface area contributed by atoms with Gasteiger partial charge in [0.25, 0.3) is 0 Å². The summed E-state index contributed by atoms with van der Waals surface area (Å²) in [5.41, 5.74) is 1.32. The second kappa shape index (κ2) is 17.7. The van der Waals surface area contributed by atoms with Crippen molar-refractivity contribution in [1.29, 1.82) is 0 Å². The highest BCUT2D eigenvalue weighted by Crippen LogP contribution is 2.10. The molecule has 1 aliphatic heterocycles. The van der Waals surface area contributed by atoms with Crippen LogP contribution in [-0.2, 0) is 9.59 Å². The number of Topliss-reactive ketones (excluding diaryl/α,β-unsaturated/α-hetero) is 1. The van der Waals surface area contributed by atoms with Crippen LogP contribution in [0.25, 0.3) is 0 Å². The van der Waals surface area contributed by atoms with Crippen LogP contribution in [0.15, 0.2) is 30.3 Å². The summed E-state index contributed by atoms with van der Waals surface area (Å²) in [5, 5.41) is 0. The van der Waals surface area contributed by atoms with Gasteiger partial charge in [0.15, 0.2) is 0 Å². The van der Waals surface area contributed by atoms with Gasteiger partial charge in [-0.3, -0.25) is 9.59 Å². The molecular formula is C21H37NO2. The molecule has 0 N–H and O–H groups in total. The highest BCUT2D eigenvalue weighted by atomic mass is 16.2. The molecular weight excluding hydrogens is 298 g/mol. The lowest BCUT2D eigenvalue weighted by molar-refractivity contribution is -0.136. The fourth-order valence-corrected chi connectivity index (χ4v) is 2.08. The van der Waals surface area contributed by atoms with Gasteiger partial charge >= 0.3 is 0 Å². The number of likely N-dealkylation sites (tertiary alicyclic amines) is 1. The van der Waals surface area contributed by atoms with Gasteiger partial charge in [-0.2, -0.15) is 0 Å². The van der Waals surface area contributed by atoms with E-state index in [2.05, 4.69) is 19.1 Å². The molecule has 3 nitrogen and oxygen atoms in total. The van der Waals surface area contributed by atoms with E-state index in [-0.39, 0.29) is 18.1 Å². The lowest BCUT2D eigenvalue weighted by atomic mass is 10.1. The summed E-state index contributed by atoms with van der Waals surface area (Å²) >= 11 is 0. The number of aryl methyl sites for hydroxylation is 1. The average molecular weight is 336 g/mol. The van der Waals surface area contributed by atoms with Crippen molar-refractivity contribution in [3.05, 3.63) is 35.9 Å². The number of nitrogens with zero attached hydrogens (tertiary/aromatic N) is 1. The van der Waals surface area contributed by atoms with Crippen LogP contribution in [0.5, 0.6) is 0 Å². The lowest BCUT2D eigenvalue weighted by Gasteiger charge is -2.26. The van der Waals surface area contributed by atoms with Crippen LogP contribution < -0.4 is 0 Å². The summed E-state index contributed by atoms with van der Waals surface area (Å²) < 4.78 is 0. The third-order valence-electron chi connectivity index (χ3n) is 3.39. The number of rotatable bonds is 3. The zero-order valence-electron chi connectivity index (χ0n) is 16.6. The summed E-state index contributed by atoms with van der Waals surface area (Å²) in [6.07, 6.45) is 3.97. The van der Waals surface area contributed by atoms with Crippen LogP contribution in [0.2, 0.25) is 0 Å². The van der Waals surface area contributed by atoms with E-state index in [1.807, 2.05) is 50.8 Å². The van der Waals surface area contributed by atoms with Gasteiger partial charge < -0.3 is 4.90 Å². The maximum atomic E-state index is 11.5. The van der Waals surface area contributed by atoms with Gasteiger partial charge in [-0.15, -0.1) is 0 Å². The number of benzene rings is 1. The number of hydrogen-bond donors (Lipinski definition) is 0. The van der Waals surface area contributed by atoms with Crippen LogP contribution in [0.4, 0.5) is 0 Å². The Kier molecular flexibility index (Phi) is 18.2. The van der Waals surface area contributed by atoms with Crippen LogP contribution in [-0.4, -0.2) is 29.7 Å². The third kappa shape index (κ3) is 12.9. The first-order valence-electron chi connectivity index (χ1n) is 9.44. The van der Waals surface area contributed by atoms with Gasteiger partial charge in [-0.25, -0.2) is 0 Å². The van der Waals surface area contributed by atoms with E-state index in [0.717, 1.165) is 25.9 Å². The topological polar surface area (TPSA) is 37.4 Å². The Morgan fingerprint density at radius 2 is 1.42 bits per heavy atom. The average Bonchev–Trinajstić information content (AvgIpc) is 2.66. The molecule has 3 heteroatoms. The standard InChI is InChI=1S/C10H17NO2.C7H8.2C2H6/c1-2-9(12)8-10(13)11-6-4-3-5-7-11;1-7-5-3-2-4-6-7;2*1-2/h2-8H2,1H3;2-6H,1H3;2*1-2H3. The number of carbonyl (C=O) groups excluding carboxylic acids is 2. The molecule has 1 fully saturated rings. The summed E-state index contributed by atoms with van der Waals surface area (Å²) in [6.45, 7) is 13.6. The fraction of sp³-hybridized carbons (Fsp3) is 0.619. The zero-order chi connectivity index (χ0) is 18.8. The van der Waals surface area contributed by atoms with Crippen molar-refractivity contribution in [3.63, 3.8) is 0 Å². The van der Waals surface area contributed by atoms with Gasteiger partial charge in [-0.1, -0.05) is 70.5 Å². The summed E-state index contributed by atoms with van der Waals surface area (Å²) in [4.78, 5) is 24.3. The quantitative estimate of drug-likeness (QED) is 0.692. The molecule has 0 aromatic heterocycles. The second-order valence-electron chi connectivity index (χ2n) is 5.17. The Hall–Kier alpha value is -1.64. The van der Waals surface area contributed by atoms with Crippen molar-refractivity contribution in [2.75, 3.05) is 13.1 Å². The van der Waals surface area contributed by atoms with Crippen molar-refractivity contribution in [2.24, 2.45) is 0 Å². The van der Waals surface area contributed by atoms with Crippen molar-refractivity contribution in [2.45, 2.75) is 73.6 Å². The molecule has 0 aliphatic carbocycles. The molecule has 1 aromatic carbocycles. The lowest BCUT2D eigenvalue weighted by Crippen LogP contribution is -2.36. The molecule has 0 unspecified atom stereocenters. The van der Waals surface area contributed by atoms with E-state index in [0.29, 0.717) is 6.42 Å². The van der Waals surface area contributed by atoms with E-state index in [4.69, 9.17) is 0 Å². The van der Waals surface area contributed by atoms with Crippen molar-refractivity contribution < 1.29 is 9.59 Å². The van der Waals surface area contributed by atoms with Gasteiger partial charge in [0.2, 0.25) is 5.91 Å². The zero-order valence-corrected chi connectivity index (χ0v) is 16.6. The molecule has 1 amide bonds. The summed E-state index contributed by atoms with van der Waals surface area (Å²) in [5.74, 6) is 0.0714. The van der Waals surface area contributed by atoms with Gasteiger partial charge in [0.05, 0.1) is 6.42 Å². The Morgan fingerprint density at radius 1 is 0.917 bits per heavy atom. The molecule has 1 aromatic rings. The van der Waals surface area contributed by atoms with E-state index >= 15 is 0 Å². The SMILES string of the molecule is CC.CC.CCC(=O)CC(=O)N1CCCCC1.Cc1ccccc1. The number of hydrogen-bond acceptors (Lipinski definition) is 2. The maximum Gasteiger partial charge on any atom is 0.230 e. The molecule has 0 saturated carbocycles. The predicted molar refractivity (Wildman–Crippen MR) is 104 cm³/mol. The molecule has 0 atom stereocenters.